The molecule has 3 aliphatic rings. The average molecular weight is 401 g/mol. The zero-order valence-electron chi connectivity index (χ0n) is 17.8. The van der Waals surface area contributed by atoms with E-state index in [1.807, 2.05) is 0 Å². The fourth-order valence-electron chi connectivity index (χ4n) is 5.16. The van der Waals surface area contributed by atoms with Crippen molar-refractivity contribution >= 4 is 5.91 Å². The molecule has 6 nitrogen and oxygen atoms in total. The molecule has 0 radical (unpaired) electrons. The van der Waals surface area contributed by atoms with Gasteiger partial charge < -0.3 is 10.1 Å². The molecule has 3 saturated heterocycles. The first kappa shape index (κ1) is 20.8. The van der Waals surface area contributed by atoms with Crippen LogP contribution in [0.5, 0.6) is 0 Å². The lowest BCUT2D eigenvalue weighted by Gasteiger charge is -2.46. The van der Waals surface area contributed by atoms with Gasteiger partial charge in [0.2, 0.25) is 5.91 Å². The number of hydrogen-bond donors (Lipinski definition) is 2. The molecule has 6 heteroatoms. The van der Waals surface area contributed by atoms with Crippen molar-refractivity contribution in [2.45, 2.75) is 70.6 Å². The molecule has 3 aliphatic heterocycles. The van der Waals surface area contributed by atoms with Gasteiger partial charge in [-0.3, -0.25) is 19.9 Å². The van der Waals surface area contributed by atoms with Crippen LogP contribution in [-0.4, -0.2) is 66.5 Å². The molecule has 2 N–H and O–H groups in total. The predicted octanol–water partition coefficient (Wildman–Crippen LogP) is 2.16. The zero-order valence-corrected chi connectivity index (χ0v) is 17.8. The molecule has 0 aliphatic carbocycles. The molecule has 29 heavy (non-hydrogen) atoms. The summed E-state index contributed by atoms with van der Waals surface area (Å²) in [6.45, 7) is 8.00. The molecule has 5 atom stereocenters. The highest BCUT2D eigenvalue weighted by Crippen LogP contribution is 2.26. The van der Waals surface area contributed by atoms with Crippen LogP contribution in [-0.2, 0) is 16.0 Å². The summed E-state index contributed by atoms with van der Waals surface area (Å²) in [5.74, 6) is 0.859. The van der Waals surface area contributed by atoms with Gasteiger partial charge in [-0.1, -0.05) is 37.3 Å². The van der Waals surface area contributed by atoms with Crippen molar-refractivity contribution in [3.63, 3.8) is 0 Å². The maximum atomic E-state index is 12.6. The van der Waals surface area contributed by atoms with Crippen molar-refractivity contribution in [3.8, 4) is 0 Å². The Kier molecular flexibility index (Phi) is 6.85. The number of carbonyl (C=O) groups excluding carboxylic acids is 1. The van der Waals surface area contributed by atoms with E-state index >= 15 is 0 Å². The fourth-order valence-corrected chi connectivity index (χ4v) is 5.16. The maximum absolute atomic E-state index is 12.6. The van der Waals surface area contributed by atoms with Crippen molar-refractivity contribution in [3.05, 3.63) is 35.9 Å². The lowest BCUT2D eigenvalue weighted by molar-refractivity contribution is -0.133. The first-order chi connectivity index (χ1) is 14.1. The summed E-state index contributed by atoms with van der Waals surface area (Å²) in [4.78, 5) is 17.5. The lowest BCUT2D eigenvalue weighted by atomic mass is 9.94. The van der Waals surface area contributed by atoms with Crippen LogP contribution in [0.4, 0.5) is 0 Å². The number of amides is 1. The minimum Gasteiger partial charge on any atom is -0.376 e. The number of ether oxygens (including phenoxy) is 1. The van der Waals surface area contributed by atoms with Crippen LogP contribution in [0.15, 0.2) is 30.3 Å². The van der Waals surface area contributed by atoms with E-state index in [0.29, 0.717) is 18.4 Å². The van der Waals surface area contributed by atoms with E-state index < -0.39 is 0 Å². The smallest absolute Gasteiger partial charge is 0.225 e. The molecule has 4 rings (SSSR count). The maximum Gasteiger partial charge on any atom is 0.225 e. The molecule has 1 aromatic carbocycles. The molecular weight excluding hydrogens is 364 g/mol. The minimum atomic E-state index is -0.0987. The van der Waals surface area contributed by atoms with Gasteiger partial charge in [-0.2, -0.15) is 0 Å². The van der Waals surface area contributed by atoms with E-state index in [-0.39, 0.29) is 24.5 Å². The number of rotatable bonds is 4. The van der Waals surface area contributed by atoms with Gasteiger partial charge in [-0.15, -0.1) is 0 Å². The second-order valence-electron chi connectivity index (χ2n) is 9.10. The second-order valence-corrected chi connectivity index (χ2v) is 9.10. The van der Waals surface area contributed by atoms with E-state index in [2.05, 4.69) is 64.6 Å². The number of benzene rings is 1. The molecule has 160 valence electrons. The Hall–Kier alpha value is -1.47. The molecule has 3 fully saturated rings. The molecule has 0 aromatic heterocycles. The highest BCUT2D eigenvalue weighted by molar-refractivity contribution is 5.77. The third-order valence-corrected chi connectivity index (χ3v) is 6.64. The van der Waals surface area contributed by atoms with Crippen LogP contribution in [0.1, 0.15) is 45.1 Å². The van der Waals surface area contributed by atoms with Crippen molar-refractivity contribution in [2.75, 3.05) is 26.2 Å². The van der Waals surface area contributed by atoms with E-state index in [4.69, 9.17) is 4.74 Å². The Bertz CT molecular complexity index is 670. The first-order valence-electron chi connectivity index (χ1n) is 11.3. The fraction of sp³-hybridized carbons (Fsp3) is 0.696. The average Bonchev–Trinajstić information content (AvgIpc) is 2.89. The van der Waals surface area contributed by atoms with Crippen LogP contribution >= 0.6 is 0 Å². The van der Waals surface area contributed by atoms with E-state index in [9.17, 15) is 4.79 Å². The van der Waals surface area contributed by atoms with Crippen LogP contribution in [0.3, 0.4) is 0 Å². The topological polar surface area (TPSA) is 56.8 Å². The van der Waals surface area contributed by atoms with Crippen LogP contribution in [0.25, 0.3) is 0 Å². The summed E-state index contributed by atoms with van der Waals surface area (Å²) in [7, 11) is 0. The molecule has 2 unspecified atom stereocenters. The Morgan fingerprint density at radius 1 is 1.17 bits per heavy atom. The molecule has 0 bridgehead atoms. The summed E-state index contributed by atoms with van der Waals surface area (Å²) in [6.07, 6.45) is 5.35. The van der Waals surface area contributed by atoms with E-state index in [1.54, 1.807) is 0 Å². The van der Waals surface area contributed by atoms with Crippen molar-refractivity contribution in [2.24, 2.45) is 5.92 Å². The van der Waals surface area contributed by atoms with E-state index in [1.165, 1.54) is 24.8 Å². The SMILES string of the molecule is C[C@H]1CCCN(C2NC(=O)CC(N3CCO[C@H](C)C3)N2)[C@@H](Cc2ccccc2)C1. The second kappa shape index (κ2) is 9.56. The Morgan fingerprint density at radius 3 is 2.79 bits per heavy atom. The van der Waals surface area contributed by atoms with Crippen LogP contribution in [0.2, 0.25) is 0 Å². The summed E-state index contributed by atoms with van der Waals surface area (Å²) in [5.41, 5.74) is 1.37. The Labute approximate surface area is 175 Å². The van der Waals surface area contributed by atoms with Crippen molar-refractivity contribution in [1.29, 1.82) is 0 Å². The lowest BCUT2D eigenvalue weighted by Crippen LogP contribution is -2.69. The molecule has 3 heterocycles. The van der Waals surface area contributed by atoms with Gasteiger partial charge >= 0.3 is 0 Å². The van der Waals surface area contributed by atoms with Gasteiger partial charge in [-0.25, -0.2) is 0 Å². The molecular formula is C23H36N4O2. The normalized spacial score (nSPS) is 35.1. The number of hydrogen-bond acceptors (Lipinski definition) is 5. The van der Waals surface area contributed by atoms with Crippen molar-refractivity contribution in [1.82, 2.24) is 20.4 Å². The summed E-state index contributed by atoms with van der Waals surface area (Å²) in [5, 5.41) is 7.01. The largest absolute Gasteiger partial charge is 0.376 e. The first-order valence-corrected chi connectivity index (χ1v) is 11.3. The summed E-state index contributed by atoms with van der Waals surface area (Å²) < 4.78 is 5.70. The Morgan fingerprint density at radius 2 is 2.00 bits per heavy atom. The van der Waals surface area contributed by atoms with Gasteiger partial charge in [0.25, 0.3) is 0 Å². The molecule has 0 spiro atoms. The van der Waals surface area contributed by atoms with Crippen LogP contribution in [0, 0.1) is 5.92 Å². The van der Waals surface area contributed by atoms with Crippen molar-refractivity contribution < 1.29 is 9.53 Å². The standard InChI is InChI=1S/C23H36N4O2/c1-17-7-6-10-27(20(13-17)14-19-8-4-3-5-9-19)23-24-21(15-22(28)25-23)26-11-12-29-18(2)16-26/h3-5,8-9,17-18,20-21,23-24H,6-7,10-16H2,1-2H3,(H,25,28)/t17-,18+,20+,21?,23?/m0/s1. The molecule has 0 saturated carbocycles. The van der Waals surface area contributed by atoms with E-state index in [0.717, 1.165) is 32.7 Å². The van der Waals surface area contributed by atoms with Gasteiger partial charge in [-0.05, 0) is 44.1 Å². The summed E-state index contributed by atoms with van der Waals surface area (Å²) >= 11 is 0. The van der Waals surface area contributed by atoms with Gasteiger partial charge in [0.05, 0.1) is 25.3 Å². The van der Waals surface area contributed by atoms with Gasteiger partial charge in [0, 0.05) is 25.7 Å². The number of likely N-dealkylation sites (tertiary alicyclic amines) is 1. The number of morpholine rings is 1. The third kappa shape index (κ3) is 5.37. The quantitative estimate of drug-likeness (QED) is 0.811. The third-order valence-electron chi connectivity index (χ3n) is 6.64. The highest BCUT2D eigenvalue weighted by Gasteiger charge is 2.37. The predicted molar refractivity (Wildman–Crippen MR) is 114 cm³/mol. The van der Waals surface area contributed by atoms with Gasteiger partial charge in [0.1, 0.15) is 6.29 Å². The number of carbonyl (C=O) groups is 1. The Balaban J connectivity index is 1.50. The molecule has 1 aromatic rings. The van der Waals surface area contributed by atoms with Gasteiger partial charge in [0.15, 0.2) is 0 Å². The summed E-state index contributed by atoms with van der Waals surface area (Å²) in [6, 6.07) is 11.2. The highest BCUT2D eigenvalue weighted by atomic mass is 16.5. The molecule has 1 amide bonds. The van der Waals surface area contributed by atoms with Crippen LogP contribution < -0.4 is 10.6 Å². The zero-order chi connectivity index (χ0) is 20.2. The minimum absolute atomic E-state index is 0.0816. The monoisotopic (exact) mass is 400 g/mol. The number of nitrogens with one attached hydrogen (secondary N) is 2. The number of nitrogens with zero attached hydrogens (tertiary/aromatic N) is 2.